The van der Waals surface area contributed by atoms with Crippen LogP contribution in [0.15, 0.2) is 72.8 Å². The fraction of sp³-hybridized carbons (Fsp3) is 0.240. The van der Waals surface area contributed by atoms with Crippen molar-refractivity contribution in [3.05, 3.63) is 72.8 Å². The zero-order chi connectivity index (χ0) is 20.3. The summed E-state index contributed by atoms with van der Waals surface area (Å²) in [5.74, 6) is 2.00. The Morgan fingerprint density at radius 3 is 2.37 bits per heavy atom. The number of benzene rings is 3. The Bertz CT molecular complexity index is 1130. The Balaban J connectivity index is 1.42. The Morgan fingerprint density at radius 2 is 1.60 bits per heavy atom. The molecule has 152 valence electrons. The van der Waals surface area contributed by atoms with E-state index in [4.69, 9.17) is 9.72 Å². The summed E-state index contributed by atoms with van der Waals surface area (Å²) >= 11 is 0. The molecule has 1 aliphatic rings. The van der Waals surface area contributed by atoms with Gasteiger partial charge < -0.3 is 9.84 Å². The van der Waals surface area contributed by atoms with Gasteiger partial charge in [-0.25, -0.2) is 4.98 Å². The van der Waals surface area contributed by atoms with Crippen LogP contribution in [0.5, 0.6) is 11.5 Å². The van der Waals surface area contributed by atoms with Gasteiger partial charge in [-0.1, -0.05) is 12.1 Å². The predicted molar refractivity (Wildman–Crippen MR) is 119 cm³/mol. The molecule has 0 amide bonds. The Labute approximate surface area is 176 Å². The van der Waals surface area contributed by atoms with E-state index in [2.05, 4.69) is 27.7 Å². The lowest BCUT2D eigenvalue weighted by Crippen LogP contribution is -2.25. The standard InChI is InChI=1S/C25H25N3O2/c29-21-11-9-20(10-12-21)28-24-6-2-1-5-23(24)26-25(28)19-7-13-22(14-8-19)30-18-17-27-15-3-4-16-27/h1-2,5-14,29H,3-4,15-18H2. The average Bonchev–Trinajstić information content (AvgIpc) is 3.43. The second-order valence-corrected chi connectivity index (χ2v) is 7.70. The van der Waals surface area contributed by atoms with Crippen molar-refractivity contribution in [3.8, 4) is 28.6 Å². The van der Waals surface area contributed by atoms with E-state index in [9.17, 15) is 5.11 Å². The number of ether oxygens (including phenoxy) is 1. The average molecular weight is 399 g/mol. The number of fused-ring (bicyclic) bond motifs is 1. The van der Waals surface area contributed by atoms with Crippen molar-refractivity contribution in [2.24, 2.45) is 0 Å². The van der Waals surface area contributed by atoms with Gasteiger partial charge in [-0.2, -0.15) is 0 Å². The van der Waals surface area contributed by atoms with Crippen molar-refractivity contribution in [1.29, 1.82) is 0 Å². The highest BCUT2D eigenvalue weighted by Crippen LogP contribution is 2.30. The summed E-state index contributed by atoms with van der Waals surface area (Å²) < 4.78 is 8.07. The molecule has 4 aromatic rings. The van der Waals surface area contributed by atoms with Crippen LogP contribution in [0.3, 0.4) is 0 Å². The number of nitrogens with zero attached hydrogens (tertiary/aromatic N) is 3. The number of phenolic OH excluding ortho intramolecular Hbond substituents is 1. The smallest absolute Gasteiger partial charge is 0.145 e. The van der Waals surface area contributed by atoms with Gasteiger partial charge in [0.2, 0.25) is 0 Å². The molecule has 1 fully saturated rings. The topological polar surface area (TPSA) is 50.5 Å². The first-order valence-electron chi connectivity index (χ1n) is 10.5. The van der Waals surface area contributed by atoms with Crippen LogP contribution in [0.1, 0.15) is 12.8 Å². The molecule has 30 heavy (non-hydrogen) atoms. The molecule has 1 saturated heterocycles. The van der Waals surface area contributed by atoms with Gasteiger partial charge in [0.1, 0.15) is 23.9 Å². The molecule has 0 bridgehead atoms. The van der Waals surface area contributed by atoms with Crippen molar-refractivity contribution >= 4 is 11.0 Å². The van der Waals surface area contributed by atoms with Crippen LogP contribution in [-0.4, -0.2) is 45.8 Å². The molecule has 0 saturated carbocycles. The van der Waals surface area contributed by atoms with E-state index in [1.54, 1.807) is 12.1 Å². The number of imidazole rings is 1. The van der Waals surface area contributed by atoms with Gasteiger partial charge in [0, 0.05) is 17.8 Å². The van der Waals surface area contributed by atoms with Gasteiger partial charge in [-0.05, 0) is 86.6 Å². The predicted octanol–water partition coefficient (Wildman–Crippen LogP) is 4.87. The molecule has 0 radical (unpaired) electrons. The second kappa shape index (κ2) is 8.20. The third kappa shape index (κ3) is 3.76. The molecule has 1 aliphatic heterocycles. The van der Waals surface area contributed by atoms with E-state index in [1.807, 2.05) is 42.5 Å². The molecular weight excluding hydrogens is 374 g/mol. The largest absolute Gasteiger partial charge is 0.508 e. The molecule has 5 nitrogen and oxygen atoms in total. The maximum Gasteiger partial charge on any atom is 0.145 e. The number of likely N-dealkylation sites (tertiary alicyclic amines) is 1. The summed E-state index contributed by atoms with van der Waals surface area (Å²) in [5.41, 5.74) is 3.95. The van der Waals surface area contributed by atoms with Gasteiger partial charge in [0.05, 0.1) is 11.0 Å². The minimum atomic E-state index is 0.250. The minimum absolute atomic E-state index is 0.250. The zero-order valence-electron chi connectivity index (χ0n) is 16.9. The van der Waals surface area contributed by atoms with E-state index < -0.39 is 0 Å². The number of aromatic hydroxyl groups is 1. The highest BCUT2D eigenvalue weighted by atomic mass is 16.5. The molecule has 0 atom stereocenters. The van der Waals surface area contributed by atoms with Crippen LogP contribution < -0.4 is 4.74 Å². The van der Waals surface area contributed by atoms with Crippen LogP contribution in [0.2, 0.25) is 0 Å². The van der Waals surface area contributed by atoms with Crippen molar-refractivity contribution < 1.29 is 9.84 Å². The summed E-state index contributed by atoms with van der Waals surface area (Å²) in [7, 11) is 0. The van der Waals surface area contributed by atoms with E-state index in [1.165, 1.54) is 25.9 Å². The quantitative estimate of drug-likeness (QED) is 0.502. The lowest BCUT2D eigenvalue weighted by atomic mass is 10.2. The molecule has 1 N–H and O–H groups in total. The van der Waals surface area contributed by atoms with Crippen molar-refractivity contribution in [1.82, 2.24) is 14.5 Å². The van der Waals surface area contributed by atoms with Crippen LogP contribution >= 0.6 is 0 Å². The van der Waals surface area contributed by atoms with E-state index in [0.29, 0.717) is 6.61 Å². The maximum atomic E-state index is 9.68. The second-order valence-electron chi connectivity index (χ2n) is 7.70. The van der Waals surface area contributed by atoms with Crippen molar-refractivity contribution in [3.63, 3.8) is 0 Å². The zero-order valence-corrected chi connectivity index (χ0v) is 16.9. The van der Waals surface area contributed by atoms with E-state index in [0.717, 1.165) is 40.4 Å². The Morgan fingerprint density at radius 1 is 0.867 bits per heavy atom. The van der Waals surface area contributed by atoms with Crippen molar-refractivity contribution in [2.75, 3.05) is 26.2 Å². The van der Waals surface area contributed by atoms with Gasteiger partial charge in [0.15, 0.2) is 0 Å². The number of phenols is 1. The fourth-order valence-corrected chi connectivity index (χ4v) is 4.08. The lowest BCUT2D eigenvalue weighted by molar-refractivity contribution is 0.238. The third-order valence-electron chi connectivity index (χ3n) is 5.66. The molecule has 3 aromatic carbocycles. The van der Waals surface area contributed by atoms with Crippen LogP contribution in [0, 0.1) is 0 Å². The molecule has 0 aliphatic carbocycles. The molecular formula is C25H25N3O2. The normalized spacial score (nSPS) is 14.4. The first kappa shape index (κ1) is 18.7. The third-order valence-corrected chi connectivity index (χ3v) is 5.66. The number of rotatable bonds is 6. The molecule has 0 spiro atoms. The number of hydrogen-bond donors (Lipinski definition) is 1. The number of para-hydroxylation sites is 2. The molecule has 2 heterocycles. The SMILES string of the molecule is Oc1ccc(-n2c(-c3ccc(OCCN4CCCC4)cc3)nc3ccccc32)cc1. The summed E-state index contributed by atoms with van der Waals surface area (Å²) in [6.45, 7) is 4.08. The number of hydrogen-bond acceptors (Lipinski definition) is 4. The van der Waals surface area contributed by atoms with Crippen LogP contribution in [0.4, 0.5) is 0 Å². The molecule has 5 rings (SSSR count). The fourth-order valence-electron chi connectivity index (χ4n) is 4.08. The lowest BCUT2D eigenvalue weighted by Gasteiger charge is -2.15. The molecule has 0 unspecified atom stereocenters. The summed E-state index contributed by atoms with van der Waals surface area (Å²) in [6.07, 6.45) is 2.60. The van der Waals surface area contributed by atoms with Gasteiger partial charge in [-0.15, -0.1) is 0 Å². The monoisotopic (exact) mass is 399 g/mol. The van der Waals surface area contributed by atoms with E-state index >= 15 is 0 Å². The summed E-state index contributed by atoms with van der Waals surface area (Å²) in [4.78, 5) is 7.33. The first-order valence-corrected chi connectivity index (χ1v) is 10.5. The number of aromatic nitrogens is 2. The van der Waals surface area contributed by atoms with Crippen LogP contribution in [-0.2, 0) is 0 Å². The Kier molecular flexibility index (Phi) is 5.11. The first-order chi connectivity index (χ1) is 14.8. The van der Waals surface area contributed by atoms with Gasteiger partial charge in [-0.3, -0.25) is 9.47 Å². The molecule has 1 aromatic heterocycles. The summed E-state index contributed by atoms with van der Waals surface area (Å²) in [5, 5.41) is 9.68. The van der Waals surface area contributed by atoms with Crippen LogP contribution in [0.25, 0.3) is 28.1 Å². The van der Waals surface area contributed by atoms with E-state index in [-0.39, 0.29) is 5.75 Å². The molecule has 5 heteroatoms. The maximum absolute atomic E-state index is 9.68. The van der Waals surface area contributed by atoms with Gasteiger partial charge >= 0.3 is 0 Å². The highest BCUT2D eigenvalue weighted by Gasteiger charge is 2.15. The highest BCUT2D eigenvalue weighted by molar-refractivity contribution is 5.83. The summed E-state index contributed by atoms with van der Waals surface area (Å²) in [6, 6.07) is 23.5. The van der Waals surface area contributed by atoms with Crippen molar-refractivity contribution in [2.45, 2.75) is 12.8 Å². The van der Waals surface area contributed by atoms with Gasteiger partial charge in [0.25, 0.3) is 0 Å². The Hall–Kier alpha value is -3.31. The minimum Gasteiger partial charge on any atom is -0.508 e.